The lowest BCUT2D eigenvalue weighted by molar-refractivity contribution is 0.0955. The standard InChI is InChI=1S/C28H31N3O6S/c1-5-18-31(38(4,34)35)22-13-11-21(12-14-22)27(32)30-24-9-7-6-8-23(24)28(33)29-17-16-20-10-15-25(36-2)26(19-20)37-3/h5-15,19H,1,16-18H2,2-4H3,(H,29,33)(H,30,32). The molecule has 0 spiro atoms. The minimum Gasteiger partial charge on any atom is -0.493 e. The molecule has 0 unspecified atom stereocenters. The molecule has 3 aromatic rings. The van der Waals surface area contributed by atoms with Gasteiger partial charge < -0.3 is 20.1 Å². The first-order valence-electron chi connectivity index (χ1n) is 11.8. The number of para-hydroxylation sites is 1. The Hall–Kier alpha value is -4.31. The van der Waals surface area contributed by atoms with Crippen LogP contribution >= 0.6 is 0 Å². The fourth-order valence-electron chi connectivity index (χ4n) is 3.76. The minimum absolute atomic E-state index is 0.110. The molecule has 0 bridgehead atoms. The summed E-state index contributed by atoms with van der Waals surface area (Å²) in [5.41, 5.74) is 2.37. The van der Waals surface area contributed by atoms with Crippen LogP contribution in [-0.2, 0) is 16.4 Å². The van der Waals surface area contributed by atoms with Crippen LogP contribution in [0.1, 0.15) is 26.3 Å². The van der Waals surface area contributed by atoms with E-state index in [-0.39, 0.29) is 12.5 Å². The molecule has 3 aromatic carbocycles. The van der Waals surface area contributed by atoms with Gasteiger partial charge in [0.15, 0.2) is 11.5 Å². The van der Waals surface area contributed by atoms with Crippen LogP contribution in [0.4, 0.5) is 11.4 Å². The zero-order valence-electron chi connectivity index (χ0n) is 21.6. The van der Waals surface area contributed by atoms with Gasteiger partial charge in [-0.3, -0.25) is 13.9 Å². The number of sulfonamides is 1. The van der Waals surface area contributed by atoms with E-state index in [2.05, 4.69) is 17.2 Å². The highest BCUT2D eigenvalue weighted by Gasteiger charge is 2.18. The normalized spacial score (nSPS) is 10.8. The number of carbonyl (C=O) groups is 2. The summed E-state index contributed by atoms with van der Waals surface area (Å²) in [7, 11) is -0.369. The van der Waals surface area contributed by atoms with Gasteiger partial charge in [-0.05, 0) is 60.5 Å². The molecule has 0 aliphatic rings. The van der Waals surface area contributed by atoms with Gasteiger partial charge in [0.1, 0.15) is 0 Å². The third-order valence-corrected chi connectivity index (χ3v) is 6.84. The summed E-state index contributed by atoms with van der Waals surface area (Å²) < 4.78 is 35.8. The molecule has 200 valence electrons. The van der Waals surface area contributed by atoms with Gasteiger partial charge in [0.25, 0.3) is 11.8 Å². The number of methoxy groups -OCH3 is 2. The molecule has 0 fully saturated rings. The van der Waals surface area contributed by atoms with Gasteiger partial charge in [-0.15, -0.1) is 6.58 Å². The summed E-state index contributed by atoms with van der Waals surface area (Å²) in [6.07, 6.45) is 3.16. The average Bonchev–Trinajstić information content (AvgIpc) is 2.91. The summed E-state index contributed by atoms with van der Waals surface area (Å²) in [5.74, 6) is 0.480. The number of nitrogens with one attached hydrogen (secondary N) is 2. The summed E-state index contributed by atoms with van der Waals surface area (Å²) in [6, 6.07) is 18.4. The Kier molecular flexibility index (Phi) is 9.50. The van der Waals surface area contributed by atoms with E-state index in [0.29, 0.717) is 47.0 Å². The Morgan fingerprint density at radius 1 is 0.947 bits per heavy atom. The van der Waals surface area contributed by atoms with E-state index >= 15 is 0 Å². The van der Waals surface area contributed by atoms with E-state index in [1.165, 1.54) is 22.5 Å². The quantitative estimate of drug-likeness (QED) is 0.339. The first-order chi connectivity index (χ1) is 18.2. The monoisotopic (exact) mass is 537 g/mol. The molecular weight excluding hydrogens is 506 g/mol. The highest BCUT2D eigenvalue weighted by Crippen LogP contribution is 2.27. The van der Waals surface area contributed by atoms with Gasteiger partial charge in [0.2, 0.25) is 10.0 Å². The molecule has 0 aliphatic heterocycles. The number of benzene rings is 3. The molecule has 0 aliphatic carbocycles. The Balaban J connectivity index is 1.66. The Bertz CT molecular complexity index is 1400. The molecule has 0 saturated carbocycles. The molecule has 2 N–H and O–H groups in total. The molecule has 0 atom stereocenters. The topological polar surface area (TPSA) is 114 Å². The molecule has 0 aromatic heterocycles. The molecule has 0 heterocycles. The SMILES string of the molecule is C=CCN(c1ccc(C(=O)Nc2ccccc2C(=O)NCCc2ccc(OC)c(OC)c2)cc1)S(C)(=O)=O. The largest absolute Gasteiger partial charge is 0.493 e. The fourth-order valence-corrected chi connectivity index (χ4v) is 4.65. The van der Waals surface area contributed by atoms with Gasteiger partial charge in [-0.1, -0.05) is 24.3 Å². The Labute approximate surface area is 223 Å². The number of anilines is 2. The summed E-state index contributed by atoms with van der Waals surface area (Å²) >= 11 is 0. The zero-order valence-corrected chi connectivity index (χ0v) is 22.4. The summed E-state index contributed by atoms with van der Waals surface area (Å²) in [4.78, 5) is 25.8. The summed E-state index contributed by atoms with van der Waals surface area (Å²) in [6.45, 7) is 4.07. The minimum atomic E-state index is -3.50. The zero-order chi connectivity index (χ0) is 27.7. The lowest BCUT2D eigenvalue weighted by Gasteiger charge is -2.20. The molecule has 3 rings (SSSR count). The van der Waals surface area contributed by atoms with Gasteiger partial charge in [-0.25, -0.2) is 8.42 Å². The molecule has 10 heteroatoms. The predicted octanol–water partition coefficient (Wildman–Crippen LogP) is 3.88. The summed E-state index contributed by atoms with van der Waals surface area (Å²) in [5, 5.41) is 5.65. The van der Waals surface area contributed by atoms with Crippen molar-refractivity contribution < 1.29 is 27.5 Å². The second-order valence-corrected chi connectivity index (χ2v) is 10.2. The van der Waals surface area contributed by atoms with Crippen molar-refractivity contribution in [3.05, 3.63) is 96.1 Å². The van der Waals surface area contributed by atoms with Gasteiger partial charge in [0, 0.05) is 12.1 Å². The van der Waals surface area contributed by atoms with Gasteiger partial charge in [0.05, 0.1) is 44.0 Å². The first kappa shape index (κ1) is 28.3. The molecule has 2 amide bonds. The van der Waals surface area contributed by atoms with E-state index in [9.17, 15) is 18.0 Å². The van der Waals surface area contributed by atoms with E-state index in [1.54, 1.807) is 50.6 Å². The molecular formula is C28H31N3O6S. The highest BCUT2D eigenvalue weighted by atomic mass is 32.2. The molecule has 38 heavy (non-hydrogen) atoms. The number of amides is 2. The Morgan fingerprint density at radius 2 is 1.63 bits per heavy atom. The molecule has 0 saturated heterocycles. The maximum Gasteiger partial charge on any atom is 0.255 e. The number of rotatable bonds is 12. The number of ether oxygens (including phenoxy) is 2. The van der Waals surface area contributed by atoms with Crippen LogP contribution in [-0.4, -0.2) is 53.8 Å². The lowest BCUT2D eigenvalue weighted by Crippen LogP contribution is -2.29. The van der Waals surface area contributed by atoms with Gasteiger partial charge in [-0.2, -0.15) is 0 Å². The molecule has 0 radical (unpaired) electrons. The lowest BCUT2D eigenvalue weighted by atomic mass is 10.1. The van der Waals surface area contributed by atoms with Crippen LogP contribution < -0.4 is 24.4 Å². The third kappa shape index (κ3) is 7.13. The highest BCUT2D eigenvalue weighted by molar-refractivity contribution is 7.92. The van der Waals surface area contributed by atoms with E-state index < -0.39 is 15.9 Å². The van der Waals surface area contributed by atoms with Crippen molar-refractivity contribution in [1.82, 2.24) is 5.32 Å². The smallest absolute Gasteiger partial charge is 0.255 e. The van der Waals surface area contributed by atoms with Crippen LogP contribution in [0.5, 0.6) is 11.5 Å². The maximum absolute atomic E-state index is 12.9. The van der Waals surface area contributed by atoms with Crippen molar-refractivity contribution in [3.8, 4) is 11.5 Å². The molecule has 9 nitrogen and oxygen atoms in total. The van der Waals surface area contributed by atoms with Crippen LogP contribution in [0.15, 0.2) is 79.4 Å². The second-order valence-electron chi connectivity index (χ2n) is 8.32. The van der Waals surface area contributed by atoms with Crippen molar-refractivity contribution in [2.75, 3.05) is 43.2 Å². The average molecular weight is 538 g/mol. The van der Waals surface area contributed by atoms with Gasteiger partial charge >= 0.3 is 0 Å². The van der Waals surface area contributed by atoms with E-state index in [0.717, 1.165) is 11.8 Å². The maximum atomic E-state index is 12.9. The first-order valence-corrected chi connectivity index (χ1v) is 13.6. The van der Waals surface area contributed by atoms with E-state index in [1.807, 2.05) is 18.2 Å². The van der Waals surface area contributed by atoms with Crippen molar-refractivity contribution in [2.45, 2.75) is 6.42 Å². The van der Waals surface area contributed by atoms with Crippen molar-refractivity contribution in [2.24, 2.45) is 0 Å². The second kappa shape index (κ2) is 12.8. The fraction of sp³-hybridized carbons (Fsp3) is 0.214. The van der Waals surface area contributed by atoms with Crippen LogP contribution in [0, 0.1) is 0 Å². The number of nitrogens with zero attached hydrogens (tertiary/aromatic N) is 1. The number of hydrogen-bond acceptors (Lipinski definition) is 6. The van der Waals surface area contributed by atoms with Crippen LogP contribution in [0.3, 0.4) is 0 Å². The van der Waals surface area contributed by atoms with Crippen molar-refractivity contribution in [3.63, 3.8) is 0 Å². The predicted molar refractivity (Wildman–Crippen MR) is 149 cm³/mol. The van der Waals surface area contributed by atoms with E-state index in [4.69, 9.17) is 9.47 Å². The van der Waals surface area contributed by atoms with Crippen molar-refractivity contribution >= 4 is 33.2 Å². The van der Waals surface area contributed by atoms with Crippen LogP contribution in [0.25, 0.3) is 0 Å². The Morgan fingerprint density at radius 3 is 2.26 bits per heavy atom. The third-order valence-electron chi connectivity index (χ3n) is 5.68. The number of carbonyl (C=O) groups excluding carboxylic acids is 2. The van der Waals surface area contributed by atoms with Crippen LogP contribution in [0.2, 0.25) is 0 Å². The van der Waals surface area contributed by atoms with Crippen molar-refractivity contribution in [1.29, 1.82) is 0 Å². The number of hydrogen-bond donors (Lipinski definition) is 2.